The maximum Gasteiger partial charge on any atom is 0.256 e. The van der Waals surface area contributed by atoms with E-state index in [9.17, 15) is 9.59 Å². The summed E-state index contributed by atoms with van der Waals surface area (Å²) in [5, 5.41) is 1.06. The highest BCUT2D eigenvalue weighted by Crippen LogP contribution is 2.43. The highest BCUT2D eigenvalue weighted by Gasteiger charge is 2.41. The maximum atomic E-state index is 13.5. The van der Waals surface area contributed by atoms with Gasteiger partial charge in [0.1, 0.15) is 0 Å². The van der Waals surface area contributed by atoms with E-state index in [-0.39, 0.29) is 23.4 Å². The van der Waals surface area contributed by atoms with E-state index >= 15 is 0 Å². The van der Waals surface area contributed by atoms with Crippen molar-refractivity contribution in [3.8, 4) is 0 Å². The number of aromatic amines is 1. The number of hydrogen-bond donors (Lipinski definition) is 1. The van der Waals surface area contributed by atoms with Crippen LogP contribution in [0.3, 0.4) is 0 Å². The minimum absolute atomic E-state index is 0.0899. The Hall–Kier alpha value is -2.82. The third kappa shape index (κ3) is 3.17. The fraction of sp³-hybridized carbons (Fsp3) is 0.440. The van der Waals surface area contributed by atoms with Crippen LogP contribution in [-0.2, 0) is 0 Å². The number of nitrogens with one attached hydrogen (secondary N) is 1. The van der Waals surface area contributed by atoms with Crippen molar-refractivity contribution in [3.63, 3.8) is 0 Å². The lowest BCUT2D eigenvalue weighted by molar-refractivity contribution is 0.0515. The number of fused-ring (bicyclic) bond motifs is 5. The Labute approximate surface area is 176 Å². The van der Waals surface area contributed by atoms with Crippen molar-refractivity contribution in [1.29, 1.82) is 0 Å². The molecular weight excluding hydrogens is 374 g/mol. The summed E-state index contributed by atoms with van der Waals surface area (Å²) in [5.74, 6) is 1.23. The number of aromatic nitrogens is 2. The van der Waals surface area contributed by atoms with E-state index in [1.54, 1.807) is 6.07 Å². The van der Waals surface area contributed by atoms with E-state index in [2.05, 4.69) is 29.5 Å². The Morgan fingerprint density at radius 1 is 1.13 bits per heavy atom. The van der Waals surface area contributed by atoms with Crippen molar-refractivity contribution in [3.05, 3.63) is 70.3 Å². The van der Waals surface area contributed by atoms with Crippen molar-refractivity contribution in [2.45, 2.75) is 45.1 Å². The zero-order valence-electron chi connectivity index (χ0n) is 17.7. The summed E-state index contributed by atoms with van der Waals surface area (Å²) in [5.41, 5.74) is 2.85. The van der Waals surface area contributed by atoms with Gasteiger partial charge in [0.15, 0.2) is 0 Å². The number of H-pyrrole nitrogens is 1. The van der Waals surface area contributed by atoms with Crippen LogP contribution in [0.15, 0.2) is 53.5 Å². The number of rotatable bonds is 4. The van der Waals surface area contributed by atoms with Crippen LogP contribution in [-0.4, -0.2) is 33.4 Å². The molecule has 1 aromatic carbocycles. The molecule has 0 spiro atoms. The van der Waals surface area contributed by atoms with Gasteiger partial charge in [-0.2, -0.15) is 0 Å². The van der Waals surface area contributed by atoms with Crippen LogP contribution in [0, 0.1) is 11.8 Å². The quantitative estimate of drug-likeness (QED) is 0.694. The van der Waals surface area contributed by atoms with Gasteiger partial charge in [-0.3, -0.25) is 9.59 Å². The number of para-hydroxylation sites is 1. The molecule has 30 heavy (non-hydrogen) atoms. The van der Waals surface area contributed by atoms with Crippen molar-refractivity contribution in [2.24, 2.45) is 11.8 Å². The Balaban J connectivity index is 1.50. The molecule has 156 valence electrons. The van der Waals surface area contributed by atoms with E-state index in [4.69, 9.17) is 0 Å². The summed E-state index contributed by atoms with van der Waals surface area (Å²) < 4.78 is 2.05. The van der Waals surface area contributed by atoms with Crippen LogP contribution >= 0.6 is 0 Å². The fourth-order valence-electron chi connectivity index (χ4n) is 5.51. The molecule has 1 amide bonds. The third-order valence-electron chi connectivity index (χ3n) is 6.94. The lowest BCUT2D eigenvalue weighted by atomic mass is 9.76. The smallest absolute Gasteiger partial charge is 0.256 e. The van der Waals surface area contributed by atoms with E-state index in [1.807, 2.05) is 41.4 Å². The minimum Gasteiger partial charge on any atom is -0.361 e. The molecule has 5 rings (SSSR count). The molecule has 1 fully saturated rings. The molecule has 2 aliphatic rings. The van der Waals surface area contributed by atoms with Crippen molar-refractivity contribution in [1.82, 2.24) is 14.5 Å². The van der Waals surface area contributed by atoms with E-state index in [0.29, 0.717) is 18.4 Å². The van der Waals surface area contributed by atoms with Crippen LogP contribution < -0.4 is 5.56 Å². The number of likely N-dealkylation sites (tertiary alicyclic amines) is 1. The fourth-order valence-corrected chi connectivity index (χ4v) is 5.51. The van der Waals surface area contributed by atoms with Gasteiger partial charge in [-0.15, -0.1) is 0 Å². The average molecular weight is 404 g/mol. The van der Waals surface area contributed by atoms with Gasteiger partial charge in [0, 0.05) is 48.4 Å². The van der Waals surface area contributed by atoms with Crippen LogP contribution in [0.4, 0.5) is 0 Å². The van der Waals surface area contributed by atoms with E-state index in [1.165, 1.54) is 0 Å². The molecule has 4 heterocycles. The zero-order chi connectivity index (χ0) is 20.8. The van der Waals surface area contributed by atoms with Crippen LogP contribution in [0.1, 0.15) is 61.1 Å². The summed E-state index contributed by atoms with van der Waals surface area (Å²) in [6.07, 6.45) is 5.02. The first kappa shape index (κ1) is 19.2. The number of pyridine rings is 1. The second kappa shape index (κ2) is 7.46. The van der Waals surface area contributed by atoms with Gasteiger partial charge >= 0.3 is 0 Å². The topological polar surface area (TPSA) is 58.1 Å². The summed E-state index contributed by atoms with van der Waals surface area (Å²) in [6.45, 7) is 5.85. The molecule has 0 saturated carbocycles. The molecule has 0 aliphatic carbocycles. The van der Waals surface area contributed by atoms with Gasteiger partial charge < -0.3 is 14.5 Å². The predicted octanol–water partition coefficient (Wildman–Crippen LogP) is 4.57. The first-order valence-corrected chi connectivity index (χ1v) is 11.1. The molecule has 0 unspecified atom stereocenters. The molecule has 5 heteroatoms. The number of benzene rings is 1. The number of carbonyl (C=O) groups is 1. The van der Waals surface area contributed by atoms with Crippen LogP contribution in [0.25, 0.3) is 10.9 Å². The van der Waals surface area contributed by atoms with Crippen molar-refractivity contribution in [2.75, 3.05) is 13.1 Å². The van der Waals surface area contributed by atoms with Gasteiger partial charge in [-0.1, -0.05) is 32.0 Å². The number of piperidine rings is 1. The third-order valence-corrected chi connectivity index (χ3v) is 6.94. The number of nitrogens with zero attached hydrogens (tertiary/aromatic N) is 2. The van der Waals surface area contributed by atoms with Crippen molar-refractivity contribution >= 4 is 16.8 Å². The number of carbonyl (C=O) groups excluding carboxylic acids is 1. The number of amides is 1. The van der Waals surface area contributed by atoms with Gasteiger partial charge in [0.25, 0.3) is 11.5 Å². The molecule has 2 bridgehead atoms. The molecule has 2 aliphatic heterocycles. The van der Waals surface area contributed by atoms with E-state index < -0.39 is 0 Å². The van der Waals surface area contributed by atoms with Crippen LogP contribution in [0.2, 0.25) is 0 Å². The first-order valence-electron chi connectivity index (χ1n) is 11.1. The first-order chi connectivity index (χ1) is 14.5. The molecule has 1 saturated heterocycles. The average Bonchev–Trinajstić information content (AvgIpc) is 3.22. The van der Waals surface area contributed by atoms with Gasteiger partial charge in [0.05, 0.1) is 11.1 Å². The highest BCUT2D eigenvalue weighted by molar-refractivity contribution is 6.05. The Bertz CT molecular complexity index is 1140. The lowest BCUT2D eigenvalue weighted by Crippen LogP contribution is -2.51. The van der Waals surface area contributed by atoms with Crippen LogP contribution in [0.5, 0.6) is 0 Å². The predicted molar refractivity (Wildman–Crippen MR) is 119 cm³/mol. The second-order valence-corrected chi connectivity index (χ2v) is 9.35. The molecular formula is C25H29N3O2. The summed E-state index contributed by atoms with van der Waals surface area (Å²) in [6, 6.07) is 13.7. The summed E-state index contributed by atoms with van der Waals surface area (Å²) in [4.78, 5) is 31.6. The Morgan fingerprint density at radius 3 is 2.80 bits per heavy atom. The lowest BCUT2D eigenvalue weighted by Gasteiger charge is -2.47. The maximum absolute atomic E-state index is 13.5. The Morgan fingerprint density at radius 2 is 1.97 bits per heavy atom. The normalized spacial score (nSPS) is 23.0. The SMILES string of the molecule is CC(C)CC[C@H]1[C@H]2C[C@H](CN(C(=O)c3cccc4cc[nH]c34)C2)c2cccc(=O)n21. The summed E-state index contributed by atoms with van der Waals surface area (Å²) in [7, 11) is 0. The van der Waals surface area contributed by atoms with Gasteiger partial charge in [-0.05, 0) is 49.3 Å². The molecule has 3 aromatic rings. The summed E-state index contributed by atoms with van der Waals surface area (Å²) >= 11 is 0. The second-order valence-electron chi connectivity index (χ2n) is 9.35. The van der Waals surface area contributed by atoms with Gasteiger partial charge in [0.2, 0.25) is 0 Å². The standard InChI is InChI=1S/C25H29N3O2/c1-16(2)9-10-22-19-13-18(21-7-4-8-23(29)28(21)22)14-27(15-19)25(30)20-6-3-5-17-11-12-26-24(17)20/h3-8,11-12,16,18-19,22,26H,9-10,13-15H2,1-2H3/t18-,19+,22+/m1/s1. The molecule has 1 N–H and O–H groups in total. The zero-order valence-corrected chi connectivity index (χ0v) is 17.7. The Kier molecular flexibility index (Phi) is 4.76. The van der Waals surface area contributed by atoms with Crippen molar-refractivity contribution < 1.29 is 4.79 Å². The molecule has 2 aromatic heterocycles. The molecule has 0 radical (unpaired) electrons. The largest absolute Gasteiger partial charge is 0.361 e. The molecule has 5 nitrogen and oxygen atoms in total. The van der Waals surface area contributed by atoms with Gasteiger partial charge in [-0.25, -0.2) is 0 Å². The minimum atomic E-state index is 0.0899. The molecule has 3 atom stereocenters. The highest BCUT2D eigenvalue weighted by atomic mass is 16.2. The number of hydrogen-bond acceptors (Lipinski definition) is 2. The monoisotopic (exact) mass is 403 g/mol. The van der Waals surface area contributed by atoms with E-state index in [0.717, 1.165) is 48.0 Å².